The van der Waals surface area contributed by atoms with Crippen molar-refractivity contribution >= 4 is 28.3 Å². The Bertz CT molecular complexity index is 1420. The van der Waals surface area contributed by atoms with Crippen molar-refractivity contribution in [2.75, 3.05) is 52.3 Å². The molecule has 2 N–H and O–H groups in total. The van der Waals surface area contributed by atoms with Crippen molar-refractivity contribution in [3.05, 3.63) is 71.8 Å². The first-order valence-electron chi connectivity index (χ1n) is 12.4. The summed E-state index contributed by atoms with van der Waals surface area (Å²) < 4.78 is 7.32. The Hall–Kier alpha value is -3.95. The largest absolute Gasteiger partial charge is 0.496 e. The van der Waals surface area contributed by atoms with Gasteiger partial charge in [0.15, 0.2) is 0 Å². The maximum Gasteiger partial charge on any atom is 0.255 e. The topological polar surface area (TPSA) is 95.8 Å². The zero-order chi connectivity index (χ0) is 25.9. The van der Waals surface area contributed by atoms with E-state index >= 15 is 0 Å². The average molecular weight is 501 g/mol. The molecule has 2 aromatic heterocycles. The number of aromatic nitrogens is 3. The van der Waals surface area contributed by atoms with Crippen LogP contribution in [0.2, 0.25) is 0 Å². The van der Waals surface area contributed by atoms with Crippen LogP contribution < -0.4 is 10.1 Å². The number of carbonyl (C=O) groups excluding carboxylic acids is 1. The number of aliphatic hydroxyl groups is 1. The van der Waals surface area contributed by atoms with Crippen molar-refractivity contribution in [1.29, 1.82) is 0 Å². The highest BCUT2D eigenvalue weighted by Gasteiger charge is 2.24. The van der Waals surface area contributed by atoms with Crippen LogP contribution in [-0.4, -0.2) is 82.3 Å². The average Bonchev–Trinajstić information content (AvgIpc) is 3.33. The van der Waals surface area contributed by atoms with Crippen LogP contribution in [0.15, 0.2) is 55.1 Å². The molecule has 9 nitrogen and oxygen atoms in total. The van der Waals surface area contributed by atoms with Gasteiger partial charge < -0.3 is 29.5 Å². The van der Waals surface area contributed by atoms with Gasteiger partial charge in [-0.25, -0.2) is 9.97 Å². The van der Waals surface area contributed by atoms with Gasteiger partial charge in [0, 0.05) is 61.9 Å². The van der Waals surface area contributed by atoms with Crippen LogP contribution in [0.5, 0.6) is 5.75 Å². The fourth-order valence-electron chi connectivity index (χ4n) is 4.74. The highest BCUT2D eigenvalue weighted by Crippen LogP contribution is 2.29. The molecule has 37 heavy (non-hydrogen) atoms. The standard InChI is InChI=1S/C28H32N6O3/c1-19-14-21(4-7-26(19)37-3)31-27-23-15-22(5-6-25(23)29-18-30-27)34-16-20(8-13-35)24(17-34)28(36)33-11-9-32(2)10-12-33/h4-7,14-18,35H,8-13H2,1-3H3,(H,29,30,31). The number of amides is 1. The minimum Gasteiger partial charge on any atom is -0.496 e. The summed E-state index contributed by atoms with van der Waals surface area (Å²) in [6, 6.07) is 11.8. The third-order valence-electron chi connectivity index (χ3n) is 6.89. The molecular weight excluding hydrogens is 468 g/mol. The van der Waals surface area contributed by atoms with E-state index in [0.29, 0.717) is 30.9 Å². The van der Waals surface area contributed by atoms with E-state index in [4.69, 9.17) is 4.74 Å². The highest BCUT2D eigenvalue weighted by molar-refractivity contribution is 5.96. The number of likely N-dealkylation sites (N-methyl/N-ethyl adjacent to an activating group) is 1. The van der Waals surface area contributed by atoms with Gasteiger partial charge in [0.25, 0.3) is 5.91 Å². The Labute approximate surface area is 216 Å². The van der Waals surface area contributed by atoms with E-state index in [1.165, 1.54) is 0 Å². The molecule has 0 saturated carbocycles. The van der Waals surface area contributed by atoms with Gasteiger partial charge in [-0.3, -0.25) is 4.79 Å². The quantitative estimate of drug-likeness (QED) is 0.402. The van der Waals surface area contributed by atoms with Crippen LogP contribution >= 0.6 is 0 Å². The minimum atomic E-state index is -0.0199. The second kappa shape index (κ2) is 10.6. The number of aryl methyl sites for hydroxylation is 1. The van der Waals surface area contributed by atoms with Gasteiger partial charge in [-0.1, -0.05) is 0 Å². The summed E-state index contributed by atoms with van der Waals surface area (Å²) in [5.41, 5.74) is 5.08. The fraction of sp³-hybridized carbons (Fsp3) is 0.321. The Kier molecular flexibility index (Phi) is 7.07. The number of nitrogens with one attached hydrogen (secondary N) is 1. The lowest BCUT2D eigenvalue weighted by Crippen LogP contribution is -2.47. The first-order valence-corrected chi connectivity index (χ1v) is 12.4. The molecule has 2 aromatic carbocycles. The van der Waals surface area contributed by atoms with Crippen LogP contribution in [0.4, 0.5) is 11.5 Å². The number of nitrogens with zero attached hydrogens (tertiary/aromatic N) is 5. The van der Waals surface area contributed by atoms with E-state index < -0.39 is 0 Å². The van der Waals surface area contributed by atoms with E-state index in [1.54, 1.807) is 13.4 Å². The molecule has 1 saturated heterocycles. The molecule has 1 aliphatic heterocycles. The number of fused-ring (bicyclic) bond motifs is 1. The number of carbonyl (C=O) groups is 1. The van der Waals surface area contributed by atoms with Crippen LogP contribution in [0.3, 0.4) is 0 Å². The van der Waals surface area contributed by atoms with Gasteiger partial charge >= 0.3 is 0 Å². The Morgan fingerprint density at radius 3 is 2.62 bits per heavy atom. The zero-order valence-corrected chi connectivity index (χ0v) is 21.4. The number of hydrogen-bond acceptors (Lipinski definition) is 7. The highest BCUT2D eigenvalue weighted by atomic mass is 16.5. The van der Waals surface area contributed by atoms with Gasteiger partial charge in [-0.05, 0) is 67.9 Å². The summed E-state index contributed by atoms with van der Waals surface area (Å²) in [4.78, 5) is 26.4. The van der Waals surface area contributed by atoms with Crippen LogP contribution in [0, 0.1) is 6.92 Å². The number of piperazine rings is 1. The van der Waals surface area contributed by atoms with E-state index in [0.717, 1.165) is 52.2 Å². The SMILES string of the molecule is COc1ccc(Nc2ncnc3ccc(-n4cc(CCO)c(C(=O)N5CCN(C)CC5)c4)cc23)cc1C. The third-order valence-corrected chi connectivity index (χ3v) is 6.89. The lowest BCUT2D eigenvalue weighted by molar-refractivity contribution is 0.0663. The van der Waals surface area contributed by atoms with Crippen LogP contribution in [-0.2, 0) is 6.42 Å². The van der Waals surface area contributed by atoms with Gasteiger partial charge in [0.1, 0.15) is 17.9 Å². The van der Waals surface area contributed by atoms with Crippen LogP contribution in [0.1, 0.15) is 21.5 Å². The van der Waals surface area contributed by atoms with Gasteiger partial charge in [0.2, 0.25) is 0 Å². The molecule has 1 aliphatic rings. The first-order chi connectivity index (χ1) is 18.0. The van der Waals surface area contributed by atoms with E-state index in [-0.39, 0.29) is 12.5 Å². The van der Waals surface area contributed by atoms with Crippen LogP contribution in [0.25, 0.3) is 16.6 Å². The maximum absolute atomic E-state index is 13.4. The molecule has 0 unspecified atom stereocenters. The number of hydrogen-bond donors (Lipinski definition) is 2. The first kappa shape index (κ1) is 24.7. The molecule has 3 heterocycles. The van der Waals surface area contributed by atoms with Crippen molar-refractivity contribution in [1.82, 2.24) is 24.3 Å². The summed E-state index contributed by atoms with van der Waals surface area (Å²) in [5.74, 6) is 1.53. The molecule has 0 bridgehead atoms. The maximum atomic E-state index is 13.4. The minimum absolute atomic E-state index is 0.0108. The predicted octanol–water partition coefficient (Wildman–Crippen LogP) is 3.40. The summed E-state index contributed by atoms with van der Waals surface area (Å²) in [6.45, 7) is 5.09. The smallest absolute Gasteiger partial charge is 0.255 e. The second-order valence-corrected chi connectivity index (χ2v) is 9.41. The van der Waals surface area contributed by atoms with Crippen molar-refractivity contribution in [2.24, 2.45) is 0 Å². The number of benzene rings is 2. The number of anilines is 2. The van der Waals surface area contributed by atoms with Gasteiger partial charge in [-0.2, -0.15) is 0 Å². The number of methoxy groups -OCH3 is 1. The van der Waals surface area contributed by atoms with Crippen molar-refractivity contribution in [2.45, 2.75) is 13.3 Å². The van der Waals surface area contributed by atoms with Crippen molar-refractivity contribution in [3.8, 4) is 11.4 Å². The molecular formula is C28H32N6O3. The van der Waals surface area contributed by atoms with Crippen molar-refractivity contribution in [3.63, 3.8) is 0 Å². The Morgan fingerprint density at radius 2 is 1.89 bits per heavy atom. The second-order valence-electron chi connectivity index (χ2n) is 9.41. The van der Waals surface area contributed by atoms with E-state index in [2.05, 4.69) is 27.2 Å². The molecule has 0 radical (unpaired) electrons. The molecule has 0 atom stereocenters. The molecule has 5 rings (SSSR count). The summed E-state index contributed by atoms with van der Waals surface area (Å²) in [7, 11) is 3.73. The predicted molar refractivity (Wildman–Crippen MR) is 144 cm³/mol. The lowest BCUT2D eigenvalue weighted by atomic mass is 10.1. The molecule has 1 amide bonds. The monoisotopic (exact) mass is 500 g/mol. The molecule has 9 heteroatoms. The lowest BCUT2D eigenvalue weighted by Gasteiger charge is -2.32. The fourth-order valence-corrected chi connectivity index (χ4v) is 4.74. The molecule has 4 aromatic rings. The Morgan fingerprint density at radius 1 is 1.08 bits per heavy atom. The zero-order valence-electron chi connectivity index (χ0n) is 21.4. The van der Waals surface area contributed by atoms with Gasteiger partial charge in [0.05, 0.1) is 18.2 Å². The summed E-state index contributed by atoms with van der Waals surface area (Å²) in [5, 5.41) is 13.9. The Balaban J connectivity index is 1.48. The molecule has 192 valence electrons. The molecule has 1 fully saturated rings. The van der Waals surface area contributed by atoms with Crippen molar-refractivity contribution < 1.29 is 14.6 Å². The normalized spacial score (nSPS) is 14.2. The number of ether oxygens (including phenoxy) is 1. The number of rotatable bonds is 7. The number of aliphatic hydroxyl groups excluding tert-OH is 1. The molecule has 0 spiro atoms. The van der Waals surface area contributed by atoms with E-state index in [1.807, 2.05) is 65.2 Å². The third kappa shape index (κ3) is 5.14. The van der Waals surface area contributed by atoms with E-state index in [9.17, 15) is 9.90 Å². The summed E-state index contributed by atoms with van der Waals surface area (Å²) >= 11 is 0. The van der Waals surface area contributed by atoms with Gasteiger partial charge in [-0.15, -0.1) is 0 Å². The molecule has 0 aliphatic carbocycles. The summed E-state index contributed by atoms with van der Waals surface area (Å²) in [6.07, 6.45) is 5.77.